The maximum absolute atomic E-state index is 12.4. The maximum Gasteiger partial charge on any atom is 0.339 e. The molecule has 7 heteroatoms. The van der Waals surface area contributed by atoms with Crippen LogP contribution < -0.4 is 5.32 Å². The Kier molecular flexibility index (Phi) is 5.07. The average Bonchev–Trinajstić information content (AvgIpc) is 3.02. The van der Waals surface area contributed by atoms with E-state index in [1.54, 1.807) is 49.6 Å². The number of hydrogen-bond donors (Lipinski definition) is 1. The molecule has 132 valence electrons. The number of hydrogen-bond acceptors (Lipinski definition) is 6. The molecule has 7 nitrogen and oxygen atoms in total. The van der Waals surface area contributed by atoms with Crippen molar-refractivity contribution >= 4 is 17.6 Å². The van der Waals surface area contributed by atoms with Crippen molar-refractivity contribution < 1.29 is 18.7 Å². The first-order chi connectivity index (χ1) is 12.6. The van der Waals surface area contributed by atoms with Gasteiger partial charge in [-0.15, -0.1) is 0 Å². The zero-order chi connectivity index (χ0) is 18.5. The van der Waals surface area contributed by atoms with Gasteiger partial charge in [0, 0.05) is 12.4 Å². The quantitative estimate of drug-likeness (QED) is 0.710. The third-order valence-corrected chi connectivity index (χ3v) is 3.74. The minimum absolute atomic E-state index is 0.0190. The number of methoxy groups -OCH3 is 1. The van der Waals surface area contributed by atoms with Crippen molar-refractivity contribution in [2.24, 2.45) is 0 Å². The lowest BCUT2D eigenvalue weighted by Crippen LogP contribution is -2.17. The Bertz CT molecular complexity index is 935. The molecular weight excluding hydrogens is 334 g/mol. The van der Waals surface area contributed by atoms with Crippen molar-refractivity contribution in [2.45, 2.75) is 13.3 Å². The van der Waals surface area contributed by atoms with Crippen LogP contribution in [0.25, 0.3) is 11.5 Å². The third kappa shape index (κ3) is 3.77. The van der Waals surface area contributed by atoms with Crippen molar-refractivity contribution in [3.05, 3.63) is 65.8 Å². The third-order valence-electron chi connectivity index (χ3n) is 3.74. The molecular formula is C19H17N3O4. The monoisotopic (exact) mass is 351 g/mol. The Hall–Kier alpha value is -3.48. The summed E-state index contributed by atoms with van der Waals surface area (Å²) in [7, 11) is 1.29. The second-order valence-corrected chi connectivity index (χ2v) is 5.53. The number of ether oxygens (including phenoxy) is 1. The van der Waals surface area contributed by atoms with Gasteiger partial charge in [-0.25, -0.2) is 9.78 Å². The van der Waals surface area contributed by atoms with E-state index >= 15 is 0 Å². The second kappa shape index (κ2) is 7.60. The van der Waals surface area contributed by atoms with Crippen LogP contribution >= 0.6 is 0 Å². The number of amides is 1. The minimum atomic E-state index is -0.516. The molecule has 0 saturated carbocycles. The van der Waals surface area contributed by atoms with E-state index in [1.165, 1.54) is 7.11 Å². The van der Waals surface area contributed by atoms with Crippen molar-refractivity contribution in [3.8, 4) is 11.5 Å². The Morgan fingerprint density at radius 2 is 2.00 bits per heavy atom. The van der Waals surface area contributed by atoms with E-state index < -0.39 is 5.97 Å². The smallest absolute Gasteiger partial charge is 0.339 e. The second-order valence-electron chi connectivity index (χ2n) is 5.53. The number of oxazole rings is 1. The standard InChI is InChI=1S/C19H17N3O4/c1-12-16(22-18(26-12)13-6-5-9-20-11-13)10-17(23)21-15-8-4-3-7-14(15)19(24)25-2/h3-9,11H,10H2,1-2H3,(H,21,23). The molecule has 3 rings (SSSR count). The molecule has 0 saturated heterocycles. The first kappa shape index (κ1) is 17.3. The van der Waals surface area contributed by atoms with Gasteiger partial charge in [0.2, 0.25) is 11.8 Å². The van der Waals surface area contributed by atoms with E-state index in [2.05, 4.69) is 15.3 Å². The molecule has 0 atom stereocenters. The van der Waals surface area contributed by atoms with Crippen LogP contribution in [0, 0.1) is 6.92 Å². The number of rotatable bonds is 5. The molecule has 0 aliphatic carbocycles. The summed E-state index contributed by atoms with van der Waals surface area (Å²) in [4.78, 5) is 32.6. The van der Waals surface area contributed by atoms with Crippen LogP contribution in [0.3, 0.4) is 0 Å². The van der Waals surface area contributed by atoms with Crippen molar-refractivity contribution in [1.82, 2.24) is 9.97 Å². The topological polar surface area (TPSA) is 94.3 Å². The zero-order valence-electron chi connectivity index (χ0n) is 14.4. The summed E-state index contributed by atoms with van der Waals surface area (Å²) in [6.45, 7) is 1.75. The minimum Gasteiger partial charge on any atom is -0.465 e. The molecule has 1 N–H and O–H groups in total. The highest BCUT2D eigenvalue weighted by atomic mass is 16.5. The number of aryl methyl sites for hydroxylation is 1. The van der Waals surface area contributed by atoms with E-state index in [1.807, 2.05) is 6.07 Å². The Balaban J connectivity index is 1.76. The zero-order valence-corrected chi connectivity index (χ0v) is 14.4. The molecule has 0 aliphatic rings. The molecule has 0 bridgehead atoms. The molecule has 1 amide bonds. The molecule has 0 aliphatic heterocycles. The lowest BCUT2D eigenvalue weighted by Gasteiger charge is -2.09. The normalized spacial score (nSPS) is 10.4. The molecule has 0 unspecified atom stereocenters. The van der Waals surface area contributed by atoms with E-state index in [-0.39, 0.29) is 17.9 Å². The molecule has 0 radical (unpaired) electrons. The number of carbonyl (C=O) groups is 2. The fraction of sp³-hybridized carbons (Fsp3) is 0.158. The van der Waals surface area contributed by atoms with Gasteiger partial charge < -0.3 is 14.5 Å². The maximum atomic E-state index is 12.4. The number of pyridine rings is 1. The highest BCUT2D eigenvalue weighted by molar-refractivity contribution is 6.01. The molecule has 0 fully saturated rings. The molecule has 2 heterocycles. The molecule has 1 aromatic carbocycles. The summed E-state index contributed by atoms with van der Waals surface area (Å²) in [5.74, 6) is 0.140. The number of anilines is 1. The van der Waals surface area contributed by atoms with Gasteiger partial charge in [-0.1, -0.05) is 12.1 Å². The molecule has 2 aromatic heterocycles. The van der Waals surface area contributed by atoms with Crippen molar-refractivity contribution in [3.63, 3.8) is 0 Å². The molecule has 26 heavy (non-hydrogen) atoms. The van der Waals surface area contributed by atoms with Crippen molar-refractivity contribution in [1.29, 1.82) is 0 Å². The van der Waals surface area contributed by atoms with E-state index in [0.29, 0.717) is 23.0 Å². The van der Waals surface area contributed by atoms with Gasteiger partial charge in [0.05, 0.1) is 36.0 Å². The van der Waals surface area contributed by atoms with E-state index in [9.17, 15) is 9.59 Å². The van der Waals surface area contributed by atoms with Crippen LogP contribution in [-0.4, -0.2) is 29.0 Å². The van der Waals surface area contributed by atoms with Crippen LogP contribution in [-0.2, 0) is 16.0 Å². The van der Waals surface area contributed by atoms with Gasteiger partial charge in [0.15, 0.2) is 0 Å². The SMILES string of the molecule is COC(=O)c1ccccc1NC(=O)Cc1nc(-c2cccnc2)oc1C. The summed E-state index contributed by atoms with van der Waals surface area (Å²) in [6, 6.07) is 10.3. The number of carbonyl (C=O) groups excluding carboxylic acids is 2. The van der Waals surface area contributed by atoms with Gasteiger partial charge in [0.1, 0.15) is 5.76 Å². The van der Waals surface area contributed by atoms with Crippen LogP contribution in [0.4, 0.5) is 5.69 Å². The van der Waals surface area contributed by atoms with Gasteiger partial charge in [0.25, 0.3) is 0 Å². The lowest BCUT2D eigenvalue weighted by atomic mass is 10.1. The van der Waals surface area contributed by atoms with E-state index in [0.717, 1.165) is 5.56 Å². The van der Waals surface area contributed by atoms with Gasteiger partial charge >= 0.3 is 5.97 Å². The summed E-state index contributed by atoms with van der Waals surface area (Å²) >= 11 is 0. The number of nitrogens with one attached hydrogen (secondary N) is 1. The van der Waals surface area contributed by atoms with Gasteiger partial charge in [-0.2, -0.15) is 0 Å². The van der Waals surface area contributed by atoms with Crippen LogP contribution in [0.5, 0.6) is 0 Å². The van der Waals surface area contributed by atoms with Gasteiger partial charge in [-0.3, -0.25) is 9.78 Å². The first-order valence-electron chi connectivity index (χ1n) is 7.92. The number of esters is 1. The lowest BCUT2D eigenvalue weighted by molar-refractivity contribution is -0.115. The Morgan fingerprint density at radius 3 is 2.73 bits per heavy atom. The highest BCUT2D eigenvalue weighted by Crippen LogP contribution is 2.22. The summed E-state index contributed by atoms with van der Waals surface area (Å²) in [6.07, 6.45) is 3.32. The predicted octanol–water partition coefficient (Wildman–Crippen LogP) is 3.01. The summed E-state index contributed by atoms with van der Waals surface area (Å²) in [5, 5.41) is 2.72. The Morgan fingerprint density at radius 1 is 1.19 bits per heavy atom. The largest absolute Gasteiger partial charge is 0.465 e. The summed E-state index contributed by atoms with van der Waals surface area (Å²) < 4.78 is 10.4. The van der Waals surface area contributed by atoms with E-state index in [4.69, 9.17) is 9.15 Å². The number of aromatic nitrogens is 2. The first-order valence-corrected chi connectivity index (χ1v) is 7.92. The predicted molar refractivity (Wildman–Crippen MR) is 94.6 cm³/mol. The van der Waals surface area contributed by atoms with Crippen LogP contribution in [0.1, 0.15) is 21.8 Å². The van der Waals surface area contributed by atoms with Gasteiger partial charge in [-0.05, 0) is 31.2 Å². The molecule has 0 spiro atoms. The fourth-order valence-electron chi connectivity index (χ4n) is 2.43. The number of nitrogens with zero attached hydrogens (tertiary/aromatic N) is 2. The van der Waals surface area contributed by atoms with Crippen molar-refractivity contribution in [2.75, 3.05) is 12.4 Å². The van der Waals surface area contributed by atoms with Crippen LogP contribution in [0.2, 0.25) is 0 Å². The van der Waals surface area contributed by atoms with Crippen LogP contribution in [0.15, 0.2) is 53.2 Å². The number of benzene rings is 1. The summed E-state index contributed by atoms with van der Waals surface area (Å²) in [5.41, 5.74) is 1.93. The highest BCUT2D eigenvalue weighted by Gasteiger charge is 2.17. The fourth-order valence-corrected chi connectivity index (χ4v) is 2.43. The average molecular weight is 351 g/mol. The molecule has 3 aromatic rings. The Labute approximate surface area is 150 Å². The number of para-hydroxylation sites is 1.